The first kappa shape index (κ1) is 16.7. The molecule has 0 aliphatic heterocycles. The molecule has 1 aliphatic carbocycles. The van der Waals surface area contributed by atoms with E-state index in [1.165, 1.54) is 0 Å². The average Bonchev–Trinajstić information content (AvgIpc) is 3.22. The predicted molar refractivity (Wildman–Crippen MR) is 86.0 cm³/mol. The Morgan fingerprint density at radius 2 is 2.05 bits per heavy atom. The van der Waals surface area contributed by atoms with Crippen LogP contribution in [0.5, 0.6) is 0 Å². The highest BCUT2D eigenvalue weighted by atomic mass is 35.5. The Morgan fingerprint density at radius 3 is 2.52 bits per heavy atom. The second kappa shape index (κ2) is 6.65. The predicted octanol–water partition coefficient (Wildman–Crippen LogP) is 2.87. The molecule has 0 aromatic heterocycles. The van der Waals surface area contributed by atoms with Gasteiger partial charge in [0.15, 0.2) is 0 Å². The van der Waals surface area contributed by atoms with Crippen molar-refractivity contribution in [1.29, 1.82) is 0 Å². The van der Waals surface area contributed by atoms with E-state index in [1.54, 1.807) is 22.5 Å². The summed E-state index contributed by atoms with van der Waals surface area (Å²) < 4.78 is 27.2. The minimum atomic E-state index is -3.48. The number of benzene rings is 1. The van der Waals surface area contributed by atoms with E-state index >= 15 is 0 Å². The maximum atomic E-state index is 12.8. The molecule has 1 aromatic carbocycles. The lowest BCUT2D eigenvalue weighted by atomic mass is 10.2. The van der Waals surface area contributed by atoms with Gasteiger partial charge in [-0.1, -0.05) is 17.7 Å². The normalized spacial score (nSPS) is 15.9. The fourth-order valence-electron chi connectivity index (χ4n) is 2.30. The van der Waals surface area contributed by atoms with Crippen LogP contribution in [0.3, 0.4) is 0 Å². The zero-order chi connectivity index (χ0) is 15.6. The maximum Gasteiger partial charge on any atom is 0.243 e. The van der Waals surface area contributed by atoms with E-state index in [0.717, 1.165) is 18.4 Å². The molecule has 0 bridgehead atoms. The van der Waals surface area contributed by atoms with E-state index in [4.69, 9.17) is 11.6 Å². The molecular formula is C15H23ClN2O2S. The molecule has 0 atom stereocenters. The summed E-state index contributed by atoms with van der Waals surface area (Å²) in [6, 6.07) is 4.94. The van der Waals surface area contributed by atoms with Crippen LogP contribution in [0.25, 0.3) is 0 Å². The second-order valence-electron chi connectivity index (χ2n) is 5.90. The van der Waals surface area contributed by atoms with Crippen molar-refractivity contribution in [2.45, 2.75) is 44.2 Å². The molecule has 4 nitrogen and oxygen atoms in total. The summed E-state index contributed by atoms with van der Waals surface area (Å²) in [6.07, 6.45) is 2.25. The first-order valence-electron chi connectivity index (χ1n) is 7.31. The second-order valence-corrected chi connectivity index (χ2v) is 8.19. The van der Waals surface area contributed by atoms with Crippen LogP contribution in [0.1, 0.15) is 32.3 Å². The largest absolute Gasteiger partial charge is 0.316 e. The third-order valence-corrected chi connectivity index (χ3v) is 6.10. The summed E-state index contributed by atoms with van der Waals surface area (Å²) in [7, 11) is -1.65. The van der Waals surface area contributed by atoms with Crippen LogP contribution in [0.2, 0.25) is 5.02 Å². The first-order valence-corrected chi connectivity index (χ1v) is 9.13. The summed E-state index contributed by atoms with van der Waals surface area (Å²) in [5, 5.41) is 3.50. The molecule has 118 valence electrons. The minimum absolute atomic E-state index is 0.0497. The van der Waals surface area contributed by atoms with Crippen LogP contribution < -0.4 is 5.32 Å². The van der Waals surface area contributed by atoms with Gasteiger partial charge in [0.05, 0.1) is 4.90 Å². The molecule has 0 saturated heterocycles. The topological polar surface area (TPSA) is 49.4 Å². The smallest absolute Gasteiger partial charge is 0.243 e. The molecule has 0 heterocycles. The van der Waals surface area contributed by atoms with Crippen LogP contribution >= 0.6 is 11.6 Å². The van der Waals surface area contributed by atoms with Gasteiger partial charge in [-0.2, -0.15) is 4.31 Å². The van der Waals surface area contributed by atoms with Crippen molar-refractivity contribution in [2.24, 2.45) is 5.92 Å². The van der Waals surface area contributed by atoms with Gasteiger partial charge in [0, 0.05) is 24.2 Å². The molecule has 1 fully saturated rings. The number of hydrogen-bond acceptors (Lipinski definition) is 3. The first-order chi connectivity index (χ1) is 9.86. The van der Waals surface area contributed by atoms with Gasteiger partial charge >= 0.3 is 0 Å². The zero-order valence-corrected chi connectivity index (χ0v) is 14.3. The SMILES string of the molecule is CNCc1ccc(S(=O)(=O)N(CC2CC2)C(C)C)cc1Cl. The van der Waals surface area contributed by atoms with Gasteiger partial charge in [0.2, 0.25) is 10.0 Å². The highest BCUT2D eigenvalue weighted by Gasteiger charge is 2.33. The lowest BCUT2D eigenvalue weighted by Gasteiger charge is -2.26. The Balaban J connectivity index is 2.30. The maximum absolute atomic E-state index is 12.8. The Morgan fingerprint density at radius 1 is 1.38 bits per heavy atom. The zero-order valence-electron chi connectivity index (χ0n) is 12.8. The van der Waals surface area contributed by atoms with Crippen molar-refractivity contribution in [3.8, 4) is 0 Å². The van der Waals surface area contributed by atoms with Crippen molar-refractivity contribution in [3.63, 3.8) is 0 Å². The van der Waals surface area contributed by atoms with Gasteiger partial charge < -0.3 is 5.32 Å². The Hall–Kier alpha value is -0.620. The van der Waals surface area contributed by atoms with Gasteiger partial charge in [-0.05, 0) is 57.4 Å². The van der Waals surface area contributed by atoms with Gasteiger partial charge in [-0.3, -0.25) is 0 Å². The fourth-order valence-corrected chi connectivity index (χ4v) is 4.35. The number of hydrogen-bond donors (Lipinski definition) is 1. The van der Waals surface area contributed by atoms with Crippen molar-refractivity contribution in [2.75, 3.05) is 13.6 Å². The van der Waals surface area contributed by atoms with Crippen molar-refractivity contribution >= 4 is 21.6 Å². The van der Waals surface area contributed by atoms with Crippen LogP contribution in [-0.2, 0) is 16.6 Å². The number of nitrogens with one attached hydrogen (secondary N) is 1. The molecule has 1 N–H and O–H groups in total. The lowest BCUT2D eigenvalue weighted by molar-refractivity contribution is 0.341. The summed E-state index contributed by atoms with van der Waals surface area (Å²) >= 11 is 6.19. The van der Waals surface area contributed by atoms with Gasteiger partial charge in [0.1, 0.15) is 0 Å². The van der Waals surface area contributed by atoms with Crippen LogP contribution in [-0.4, -0.2) is 32.4 Å². The van der Waals surface area contributed by atoms with Gasteiger partial charge in [-0.15, -0.1) is 0 Å². The molecule has 0 unspecified atom stereocenters. The molecule has 1 aromatic rings. The number of halogens is 1. The fraction of sp³-hybridized carbons (Fsp3) is 0.600. The molecule has 0 amide bonds. The quantitative estimate of drug-likeness (QED) is 0.836. The van der Waals surface area contributed by atoms with Crippen molar-refractivity contribution in [1.82, 2.24) is 9.62 Å². The molecule has 1 aliphatic rings. The molecule has 1 saturated carbocycles. The van der Waals surface area contributed by atoms with Crippen LogP contribution in [0, 0.1) is 5.92 Å². The molecule has 21 heavy (non-hydrogen) atoms. The highest BCUT2D eigenvalue weighted by Crippen LogP contribution is 2.33. The van der Waals surface area contributed by atoms with E-state index in [9.17, 15) is 8.42 Å². The van der Waals surface area contributed by atoms with E-state index in [1.807, 2.05) is 20.9 Å². The van der Waals surface area contributed by atoms with Crippen LogP contribution in [0.15, 0.2) is 23.1 Å². The summed E-state index contributed by atoms with van der Waals surface area (Å²) in [5.74, 6) is 0.515. The molecule has 6 heteroatoms. The Kier molecular flexibility index (Phi) is 5.30. The van der Waals surface area contributed by atoms with Gasteiger partial charge in [0.25, 0.3) is 0 Å². The van der Waals surface area contributed by atoms with Crippen molar-refractivity contribution in [3.05, 3.63) is 28.8 Å². The minimum Gasteiger partial charge on any atom is -0.316 e. The third-order valence-electron chi connectivity index (χ3n) is 3.71. The monoisotopic (exact) mass is 330 g/mol. The van der Waals surface area contributed by atoms with E-state index in [2.05, 4.69) is 5.32 Å². The van der Waals surface area contributed by atoms with Crippen LogP contribution in [0.4, 0.5) is 0 Å². The summed E-state index contributed by atoms with van der Waals surface area (Å²) in [6.45, 7) is 5.05. The number of nitrogens with zero attached hydrogens (tertiary/aromatic N) is 1. The van der Waals surface area contributed by atoms with E-state index in [0.29, 0.717) is 24.0 Å². The highest BCUT2D eigenvalue weighted by molar-refractivity contribution is 7.89. The standard InChI is InChI=1S/C15H23ClN2O2S/c1-11(2)18(10-12-4-5-12)21(19,20)14-7-6-13(9-17-3)15(16)8-14/h6-8,11-12,17H,4-5,9-10H2,1-3H3. The number of sulfonamides is 1. The van der Waals surface area contributed by atoms with E-state index < -0.39 is 10.0 Å². The lowest BCUT2D eigenvalue weighted by Crippen LogP contribution is -2.38. The van der Waals surface area contributed by atoms with Gasteiger partial charge in [-0.25, -0.2) is 8.42 Å². The van der Waals surface area contributed by atoms with Crippen molar-refractivity contribution < 1.29 is 8.42 Å². The Bertz CT molecular complexity index is 598. The molecular weight excluding hydrogens is 308 g/mol. The molecule has 0 spiro atoms. The summed E-state index contributed by atoms with van der Waals surface area (Å²) in [4.78, 5) is 0.279. The summed E-state index contributed by atoms with van der Waals surface area (Å²) in [5.41, 5.74) is 0.899. The Labute approximate surface area is 132 Å². The number of rotatable bonds is 7. The third kappa shape index (κ3) is 3.97. The van der Waals surface area contributed by atoms with E-state index in [-0.39, 0.29) is 10.9 Å². The molecule has 2 rings (SSSR count). The average molecular weight is 331 g/mol. The molecule has 0 radical (unpaired) electrons.